The SMILES string of the molecule is CCCC(=O)CCc1nccn1CC. The van der Waals surface area contributed by atoms with Crippen LogP contribution >= 0.6 is 0 Å². The van der Waals surface area contributed by atoms with E-state index in [-0.39, 0.29) is 0 Å². The number of rotatable bonds is 6. The van der Waals surface area contributed by atoms with Crippen molar-refractivity contribution < 1.29 is 4.79 Å². The van der Waals surface area contributed by atoms with Gasteiger partial charge in [-0.15, -0.1) is 0 Å². The van der Waals surface area contributed by atoms with Crippen LogP contribution in [0.15, 0.2) is 12.4 Å². The quantitative estimate of drug-likeness (QED) is 0.696. The number of ketones is 1. The Morgan fingerprint density at radius 1 is 1.43 bits per heavy atom. The van der Waals surface area contributed by atoms with Crippen LogP contribution in [-0.2, 0) is 17.8 Å². The van der Waals surface area contributed by atoms with Crippen molar-refractivity contribution in [2.45, 2.75) is 46.1 Å². The van der Waals surface area contributed by atoms with E-state index < -0.39 is 0 Å². The average molecular weight is 194 g/mol. The van der Waals surface area contributed by atoms with E-state index >= 15 is 0 Å². The first kappa shape index (κ1) is 11.0. The first-order valence-electron chi connectivity index (χ1n) is 5.29. The maximum absolute atomic E-state index is 11.3. The van der Waals surface area contributed by atoms with Crippen LogP contribution in [0.5, 0.6) is 0 Å². The van der Waals surface area contributed by atoms with E-state index in [1.807, 2.05) is 13.1 Å². The normalized spacial score (nSPS) is 10.4. The molecule has 0 saturated carbocycles. The van der Waals surface area contributed by atoms with Gasteiger partial charge in [0.15, 0.2) is 0 Å². The van der Waals surface area contributed by atoms with Gasteiger partial charge in [0.25, 0.3) is 0 Å². The van der Waals surface area contributed by atoms with Crippen LogP contribution in [0.4, 0.5) is 0 Å². The summed E-state index contributed by atoms with van der Waals surface area (Å²) in [6.45, 7) is 5.04. The van der Waals surface area contributed by atoms with Gasteiger partial charge in [0.2, 0.25) is 0 Å². The van der Waals surface area contributed by atoms with E-state index in [1.165, 1.54) is 0 Å². The highest BCUT2D eigenvalue weighted by Crippen LogP contribution is 2.03. The van der Waals surface area contributed by atoms with Crippen molar-refractivity contribution in [3.63, 3.8) is 0 Å². The van der Waals surface area contributed by atoms with Gasteiger partial charge in [-0.2, -0.15) is 0 Å². The van der Waals surface area contributed by atoms with E-state index in [2.05, 4.69) is 16.5 Å². The molecule has 1 heterocycles. The Kier molecular flexibility index (Phi) is 4.36. The van der Waals surface area contributed by atoms with Gasteiger partial charge in [-0.3, -0.25) is 4.79 Å². The Bertz CT molecular complexity index is 291. The third-order valence-electron chi connectivity index (χ3n) is 2.30. The molecule has 3 nitrogen and oxygen atoms in total. The number of aromatic nitrogens is 2. The molecule has 0 unspecified atom stereocenters. The summed E-state index contributed by atoms with van der Waals surface area (Å²) in [5.41, 5.74) is 0. The lowest BCUT2D eigenvalue weighted by atomic mass is 10.1. The fourth-order valence-corrected chi connectivity index (χ4v) is 1.51. The second kappa shape index (κ2) is 5.58. The lowest BCUT2D eigenvalue weighted by Crippen LogP contribution is -2.05. The van der Waals surface area contributed by atoms with E-state index in [0.717, 1.165) is 25.2 Å². The molecule has 1 aromatic rings. The van der Waals surface area contributed by atoms with E-state index in [9.17, 15) is 4.79 Å². The molecule has 0 spiro atoms. The van der Waals surface area contributed by atoms with Crippen molar-refractivity contribution in [1.29, 1.82) is 0 Å². The Hall–Kier alpha value is -1.12. The molecule has 0 fully saturated rings. The molecule has 0 radical (unpaired) electrons. The van der Waals surface area contributed by atoms with Crippen molar-refractivity contribution in [2.24, 2.45) is 0 Å². The van der Waals surface area contributed by atoms with Crippen LogP contribution in [-0.4, -0.2) is 15.3 Å². The summed E-state index contributed by atoms with van der Waals surface area (Å²) in [5.74, 6) is 1.37. The van der Waals surface area contributed by atoms with Crippen LogP contribution in [0.3, 0.4) is 0 Å². The fourth-order valence-electron chi connectivity index (χ4n) is 1.51. The third kappa shape index (κ3) is 2.98. The maximum Gasteiger partial charge on any atom is 0.133 e. The summed E-state index contributed by atoms with van der Waals surface area (Å²) in [4.78, 5) is 15.5. The Labute approximate surface area is 85.2 Å². The Morgan fingerprint density at radius 3 is 2.86 bits per heavy atom. The van der Waals surface area contributed by atoms with Gasteiger partial charge in [-0.05, 0) is 13.3 Å². The molecule has 0 bridgehead atoms. The number of hydrogen-bond donors (Lipinski definition) is 0. The largest absolute Gasteiger partial charge is 0.335 e. The first-order chi connectivity index (χ1) is 6.77. The highest BCUT2D eigenvalue weighted by Gasteiger charge is 2.05. The summed E-state index contributed by atoms with van der Waals surface area (Å²) in [6.07, 6.45) is 6.81. The highest BCUT2D eigenvalue weighted by molar-refractivity contribution is 5.78. The molecule has 0 aliphatic heterocycles. The minimum atomic E-state index is 0.346. The molecular weight excluding hydrogens is 176 g/mol. The second-order valence-electron chi connectivity index (χ2n) is 3.42. The van der Waals surface area contributed by atoms with Crippen LogP contribution in [0.2, 0.25) is 0 Å². The van der Waals surface area contributed by atoms with Gasteiger partial charge in [-0.25, -0.2) is 4.98 Å². The molecule has 3 heteroatoms. The molecule has 1 rings (SSSR count). The summed E-state index contributed by atoms with van der Waals surface area (Å²) < 4.78 is 2.08. The van der Waals surface area contributed by atoms with Crippen LogP contribution < -0.4 is 0 Å². The van der Waals surface area contributed by atoms with Crippen molar-refractivity contribution in [1.82, 2.24) is 9.55 Å². The number of carbonyl (C=O) groups is 1. The lowest BCUT2D eigenvalue weighted by Gasteiger charge is -2.03. The number of nitrogens with zero attached hydrogens (tertiary/aromatic N) is 2. The van der Waals surface area contributed by atoms with E-state index in [4.69, 9.17) is 0 Å². The molecule has 0 N–H and O–H groups in total. The maximum atomic E-state index is 11.3. The minimum absolute atomic E-state index is 0.346. The van der Waals surface area contributed by atoms with Crippen molar-refractivity contribution in [3.05, 3.63) is 18.2 Å². The van der Waals surface area contributed by atoms with Crippen molar-refractivity contribution in [3.8, 4) is 0 Å². The number of carbonyl (C=O) groups excluding carboxylic acids is 1. The predicted octanol–water partition coefficient (Wildman–Crippen LogP) is 2.20. The second-order valence-corrected chi connectivity index (χ2v) is 3.42. The molecule has 1 aromatic heterocycles. The average Bonchev–Trinajstić information content (AvgIpc) is 2.62. The summed E-state index contributed by atoms with van der Waals surface area (Å²) in [5, 5.41) is 0. The molecule has 78 valence electrons. The molecule has 0 aromatic carbocycles. The molecule has 0 amide bonds. The summed E-state index contributed by atoms with van der Waals surface area (Å²) in [7, 11) is 0. The smallest absolute Gasteiger partial charge is 0.133 e. The zero-order chi connectivity index (χ0) is 10.4. The molecule has 0 aliphatic carbocycles. The van der Waals surface area contributed by atoms with Gasteiger partial charge in [0.1, 0.15) is 11.6 Å². The van der Waals surface area contributed by atoms with E-state index in [1.54, 1.807) is 6.20 Å². The summed E-state index contributed by atoms with van der Waals surface area (Å²) >= 11 is 0. The molecule has 0 saturated heterocycles. The predicted molar refractivity (Wildman–Crippen MR) is 56.1 cm³/mol. The number of hydrogen-bond acceptors (Lipinski definition) is 2. The van der Waals surface area contributed by atoms with Gasteiger partial charge in [-0.1, -0.05) is 6.92 Å². The first-order valence-corrected chi connectivity index (χ1v) is 5.29. The van der Waals surface area contributed by atoms with Gasteiger partial charge >= 0.3 is 0 Å². The van der Waals surface area contributed by atoms with E-state index in [0.29, 0.717) is 18.6 Å². The van der Waals surface area contributed by atoms with Crippen molar-refractivity contribution in [2.75, 3.05) is 0 Å². The standard InChI is InChI=1S/C11H18N2O/c1-3-5-10(14)6-7-11-12-8-9-13(11)4-2/h8-9H,3-7H2,1-2H3. The zero-order valence-corrected chi connectivity index (χ0v) is 8.99. The van der Waals surface area contributed by atoms with Crippen LogP contribution in [0.1, 0.15) is 38.9 Å². The van der Waals surface area contributed by atoms with Gasteiger partial charge < -0.3 is 4.57 Å². The molecule has 14 heavy (non-hydrogen) atoms. The fraction of sp³-hybridized carbons (Fsp3) is 0.636. The van der Waals surface area contributed by atoms with Crippen LogP contribution in [0.25, 0.3) is 0 Å². The number of imidazole rings is 1. The Morgan fingerprint density at radius 2 is 2.21 bits per heavy atom. The summed E-state index contributed by atoms with van der Waals surface area (Å²) in [6, 6.07) is 0. The third-order valence-corrected chi connectivity index (χ3v) is 2.30. The van der Waals surface area contributed by atoms with Crippen molar-refractivity contribution >= 4 is 5.78 Å². The number of Topliss-reactive ketones (excluding diaryl/α,β-unsaturated/α-hetero) is 1. The zero-order valence-electron chi connectivity index (χ0n) is 8.99. The minimum Gasteiger partial charge on any atom is -0.335 e. The molecule has 0 atom stereocenters. The Balaban J connectivity index is 2.41. The monoisotopic (exact) mass is 194 g/mol. The lowest BCUT2D eigenvalue weighted by molar-refractivity contribution is -0.119. The topological polar surface area (TPSA) is 34.9 Å². The number of aryl methyl sites for hydroxylation is 2. The van der Waals surface area contributed by atoms with Gasteiger partial charge in [0, 0.05) is 38.2 Å². The van der Waals surface area contributed by atoms with Crippen LogP contribution in [0, 0.1) is 0 Å². The van der Waals surface area contributed by atoms with Gasteiger partial charge in [0.05, 0.1) is 0 Å². The highest BCUT2D eigenvalue weighted by atomic mass is 16.1. The molecular formula is C11H18N2O. The molecule has 0 aliphatic rings.